The molecule has 1 aliphatic rings. The van der Waals surface area contributed by atoms with Gasteiger partial charge in [-0.15, -0.1) is 16.8 Å². The number of fused-ring (bicyclic) bond motifs is 3. The van der Waals surface area contributed by atoms with E-state index < -0.39 is 0 Å². The molecule has 0 spiro atoms. The van der Waals surface area contributed by atoms with Gasteiger partial charge in [0.1, 0.15) is 5.52 Å². The van der Waals surface area contributed by atoms with Gasteiger partial charge in [0.15, 0.2) is 5.65 Å². The Kier molecular flexibility index (Phi) is 4.88. The molecule has 1 fully saturated rings. The summed E-state index contributed by atoms with van der Waals surface area (Å²) in [7, 11) is 0. The van der Waals surface area contributed by atoms with E-state index in [4.69, 9.17) is 0 Å². The molecule has 1 aliphatic heterocycles. The maximum atomic E-state index is 12.4. The van der Waals surface area contributed by atoms with Crippen molar-refractivity contribution in [2.75, 3.05) is 18.8 Å². The van der Waals surface area contributed by atoms with Gasteiger partial charge in [-0.2, -0.15) is 0 Å². The first-order valence-electron chi connectivity index (χ1n) is 8.91. The van der Waals surface area contributed by atoms with Crippen molar-refractivity contribution in [2.45, 2.75) is 31.0 Å². The summed E-state index contributed by atoms with van der Waals surface area (Å²) in [5.74, 6) is 0.513. The summed E-state index contributed by atoms with van der Waals surface area (Å²) < 4.78 is 2.09. The van der Waals surface area contributed by atoms with Gasteiger partial charge in [0.05, 0.1) is 11.3 Å². The number of hydrogen-bond acceptors (Lipinski definition) is 5. The van der Waals surface area contributed by atoms with Crippen molar-refractivity contribution >= 4 is 39.7 Å². The number of piperidine rings is 1. The predicted octanol–water partition coefficient (Wildman–Crippen LogP) is 3.27. The van der Waals surface area contributed by atoms with Gasteiger partial charge in [-0.1, -0.05) is 36.0 Å². The monoisotopic (exact) mass is 367 g/mol. The Morgan fingerprint density at radius 1 is 1.19 bits per heavy atom. The van der Waals surface area contributed by atoms with Crippen LogP contribution < -0.4 is 0 Å². The molecule has 0 saturated carbocycles. The lowest BCUT2D eigenvalue weighted by atomic mass is 10.1. The summed E-state index contributed by atoms with van der Waals surface area (Å²) in [6.45, 7) is 6.23. The lowest BCUT2D eigenvalue weighted by Gasteiger charge is -2.26. The fraction of sp³-hybridized carbons (Fsp3) is 0.368. The van der Waals surface area contributed by atoms with Gasteiger partial charge in [0, 0.05) is 25.0 Å². The number of carbonyl (C=O) groups is 1. The highest BCUT2D eigenvalue weighted by atomic mass is 32.2. The lowest BCUT2D eigenvalue weighted by molar-refractivity contribution is -0.129. The van der Waals surface area contributed by atoms with Crippen LogP contribution >= 0.6 is 11.8 Å². The van der Waals surface area contributed by atoms with Crippen LogP contribution in [0, 0.1) is 0 Å². The molecule has 0 radical (unpaired) electrons. The second-order valence-electron chi connectivity index (χ2n) is 6.41. The highest BCUT2D eigenvalue weighted by molar-refractivity contribution is 7.99. The Bertz CT molecular complexity index is 961. The molecule has 26 heavy (non-hydrogen) atoms. The highest BCUT2D eigenvalue weighted by Crippen LogP contribution is 2.27. The fourth-order valence-corrected chi connectivity index (χ4v) is 4.11. The number of allylic oxidation sites excluding steroid dienone is 1. The molecular formula is C19H21N5OS. The first-order chi connectivity index (χ1) is 12.8. The van der Waals surface area contributed by atoms with Gasteiger partial charge < -0.3 is 9.47 Å². The van der Waals surface area contributed by atoms with Crippen LogP contribution in [0.2, 0.25) is 0 Å². The van der Waals surface area contributed by atoms with Crippen molar-refractivity contribution in [3.05, 3.63) is 36.9 Å². The minimum atomic E-state index is 0.157. The highest BCUT2D eigenvalue weighted by Gasteiger charge is 2.18. The van der Waals surface area contributed by atoms with Crippen LogP contribution in [0.25, 0.3) is 22.1 Å². The summed E-state index contributed by atoms with van der Waals surface area (Å²) in [5, 5.41) is 10.2. The predicted molar refractivity (Wildman–Crippen MR) is 104 cm³/mol. The third kappa shape index (κ3) is 3.19. The maximum Gasteiger partial charge on any atom is 0.233 e. The van der Waals surface area contributed by atoms with Gasteiger partial charge >= 0.3 is 0 Å². The van der Waals surface area contributed by atoms with Crippen LogP contribution in [-0.2, 0) is 11.3 Å². The van der Waals surface area contributed by atoms with Gasteiger partial charge in [-0.3, -0.25) is 4.79 Å². The zero-order chi connectivity index (χ0) is 17.9. The van der Waals surface area contributed by atoms with Crippen LogP contribution in [0.15, 0.2) is 42.1 Å². The molecular weight excluding hydrogens is 346 g/mol. The molecule has 0 aliphatic carbocycles. The van der Waals surface area contributed by atoms with Crippen LogP contribution in [0.3, 0.4) is 0 Å². The third-order valence-corrected chi connectivity index (χ3v) is 5.52. The van der Waals surface area contributed by atoms with Crippen molar-refractivity contribution in [1.29, 1.82) is 0 Å². The minimum absolute atomic E-state index is 0.157. The van der Waals surface area contributed by atoms with E-state index in [-0.39, 0.29) is 5.91 Å². The maximum absolute atomic E-state index is 12.4. The number of hydrogen-bond donors (Lipinski definition) is 0. The average molecular weight is 367 g/mol. The number of nitrogens with zero attached hydrogens (tertiary/aromatic N) is 5. The van der Waals surface area contributed by atoms with Crippen molar-refractivity contribution in [1.82, 2.24) is 24.6 Å². The van der Waals surface area contributed by atoms with E-state index in [1.54, 1.807) is 0 Å². The Morgan fingerprint density at radius 3 is 2.81 bits per heavy atom. The molecule has 3 heterocycles. The van der Waals surface area contributed by atoms with Crippen molar-refractivity contribution < 1.29 is 4.79 Å². The zero-order valence-corrected chi connectivity index (χ0v) is 15.4. The fourth-order valence-electron chi connectivity index (χ4n) is 3.43. The molecule has 0 atom stereocenters. The van der Waals surface area contributed by atoms with Gasteiger partial charge in [0.25, 0.3) is 0 Å². The van der Waals surface area contributed by atoms with Crippen LogP contribution in [0.5, 0.6) is 0 Å². The standard InChI is InChI=1S/C19H21N5OS/c1-2-10-24-15-9-5-4-8-14(15)17-18(24)20-19(22-21-17)26-13-16(25)23-11-6-3-7-12-23/h2,4-5,8-9H,1,3,6-7,10-13H2. The zero-order valence-electron chi connectivity index (χ0n) is 14.6. The quantitative estimate of drug-likeness (QED) is 0.511. The smallest absolute Gasteiger partial charge is 0.233 e. The summed E-state index contributed by atoms with van der Waals surface area (Å²) >= 11 is 1.36. The Hall–Kier alpha value is -2.41. The normalized spacial score (nSPS) is 14.8. The molecule has 6 nitrogen and oxygen atoms in total. The average Bonchev–Trinajstić information content (AvgIpc) is 3.00. The molecule has 1 amide bonds. The first kappa shape index (κ1) is 17.0. The number of thioether (sulfide) groups is 1. The number of rotatable bonds is 5. The van der Waals surface area contributed by atoms with E-state index in [1.165, 1.54) is 18.2 Å². The second-order valence-corrected chi connectivity index (χ2v) is 7.36. The molecule has 1 aromatic carbocycles. The Labute approximate surface area is 156 Å². The molecule has 7 heteroatoms. The van der Waals surface area contributed by atoms with Crippen LogP contribution in [0.4, 0.5) is 0 Å². The van der Waals surface area contributed by atoms with Gasteiger partial charge in [0.2, 0.25) is 11.1 Å². The summed E-state index contributed by atoms with van der Waals surface area (Å²) in [6, 6.07) is 8.07. The number of likely N-dealkylation sites (tertiary alicyclic amines) is 1. The number of aromatic nitrogens is 4. The largest absolute Gasteiger partial charge is 0.342 e. The summed E-state index contributed by atoms with van der Waals surface area (Å²) in [4.78, 5) is 19.0. The van der Waals surface area contributed by atoms with E-state index in [2.05, 4.69) is 32.4 Å². The van der Waals surface area contributed by atoms with E-state index >= 15 is 0 Å². The Balaban J connectivity index is 1.60. The molecule has 4 rings (SSSR count). The lowest BCUT2D eigenvalue weighted by Crippen LogP contribution is -2.36. The first-order valence-corrected chi connectivity index (χ1v) is 9.89. The SMILES string of the molecule is C=CCn1c2ccccc2c2nnc(SCC(=O)N3CCCCC3)nc21. The van der Waals surface area contributed by atoms with Gasteiger partial charge in [-0.05, 0) is 25.3 Å². The third-order valence-electron chi connectivity index (χ3n) is 4.70. The molecule has 0 bridgehead atoms. The van der Waals surface area contributed by atoms with E-state index in [1.807, 2.05) is 29.2 Å². The van der Waals surface area contributed by atoms with Crippen LogP contribution in [0.1, 0.15) is 19.3 Å². The molecule has 134 valence electrons. The Morgan fingerprint density at radius 2 is 2.00 bits per heavy atom. The van der Waals surface area contributed by atoms with Crippen molar-refractivity contribution in [3.8, 4) is 0 Å². The topological polar surface area (TPSA) is 63.9 Å². The second kappa shape index (κ2) is 7.45. The number of benzene rings is 1. The van der Waals surface area contributed by atoms with E-state index in [0.717, 1.165) is 48.0 Å². The van der Waals surface area contributed by atoms with Crippen molar-refractivity contribution in [2.24, 2.45) is 0 Å². The van der Waals surface area contributed by atoms with Crippen LogP contribution in [-0.4, -0.2) is 49.4 Å². The number of para-hydroxylation sites is 1. The minimum Gasteiger partial charge on any atom is -0.342 e. The molecule has 1 saturated heterocycles. The number of amides is 1. The van der Waals surface area contributed by atoms with E-state index in [9.17, 15) is 4.79 Å². The number of carbonyl (C=O) groups excluding carboxylic acids is 1. The molecule has 0 unspecified atom stereocenters. The van der Waals surface area contributed by atoms with E-state index in [0.29, 0.717) is 17.5 Å². The molecule has 2 aromatic heterocycles. The van der Waals surface area contributed by atoms with Gasteiger partial charge in [-0.25, -0.2) is 4.98 Å². The molecule has 3 aromatic rings. The summed E-state index contributed by atoms with van der Waals surface area (Å²) in [5.41, 5.74) is 2.64. The molecule has 0 N–H and O–H groups in total. The summed E-state index contributed by atoms with van der Waals surface area (Å²) in [6.07, 6.45) is 5.26. The van der Waals surface area contributed by atoms with Crippen molar-refractivity contribution in [3.63, 3.8) is 0 Å².